The van der Waals surface area contributed by atoms with Crippen LogP contribution in [0.1, 0.15) is 51.4 Å². The highest BCUT2D eigenvalue weighted by atomic mass is 16.8. The second kappa shape index (κ2) is 23.3. The normalized spacial score (nSPS) is 51.0. The molecule has 0 spiro atoms. The number of methoxy groups -OCH3 is 2. The Morgan fingerprint density at radius 3 is 1.91 bits per heavy atom. The molecule has 3 saturated carbocycles. The minimum Gasteiger partial charge on any atom is -0.460 e. The van der Waals surface area contributed by atoms with E-state index < -0.39 is 185 Å². The summed E-state index contributed by atoms with van der Waals surface area (Å²) in [4.78, 5) is 12.8. The van der Waals surface area contributed by atoms with Crippen molar-refractivity contribution in [3.8, 4) is 0 Å². The summed E-state index contributed by atoms with van der Waals surface area (Å²) in [7, 11) is 2.91. The van der Waals surface area contributed by atoms with Crippen LogP contribution in [0.3, 0.4) is 0 Å². The first-order valence-electron chi connectivity index (χ1n) is 23.1. The first-order valence-corrected chi connectivity index (χ1v) is 23.1. The molecule has 13 N–H and O–H groups in total. The second-order valence-corrected chi connectivity index (χ2v) is 19.1. The van der Waals surface area contributed by atoms with Gasteiger partial charge in [-0.05, 0) is 63.2 Å². The van der Waals surface area contributed by atoms with Gasteiger partial charge in [0.1, 0.15) is 79.9 Å². The van der Waals surface area contributed by atoms with Crippen LogP contribution in [0, 0.1) is 17.8 Å². The van der Waals surface area contributed by atoms with Gasteiger partial charge in [-0.15, -0.1) is 0 Å². The summed E-state index contributed by atoms with van der Waals surface area (Å²) in [5.41, 5.74) is 0. The van der Waals surface area contributed by atoms with Crippen molar-refractivity contribution in [2.45, 2.75) is 198 Å². The summed E-state index contributed by atoms with van der Waals surface area (Å²) in [5, 5.41) is 140. The third-order valence-electron chi connectivity index (χ3n) is 14.6. The van der Waals surface area contributed by atoms with Crippen molar-refractivity contribution in [1.82, 2.24) is 0 Å². The maximum atomic E-state index is 12.8. The average Bonchev–Trinajstić information content (AvgIpc) is 3.30. The Morgan fingerprint density at radius 2 is 1.22 bits per heavy atom. The van der Waals surface area contributed by atoms with E-state index in [1.54, 1.807) is 6.08 Å². The lowest BCUT2D eigenvalue weighted by Gasteiger charge is -2.51. The fraction of sp³-hybridized carbons (Fsp3) is 0.930. The van der Waals surface area contributed by atoms with Gasteiger partial charge >= 0.3 is 5.97 Å². The molecule has 25 atom stereocenters. The number of rotatable bonds is 14. The van der Waals surface area contributed by atoms with Gasteiger partial charge in [-0.3, -0.25) is 0 Å². The molecule has 7 rings (SSSR count). The van der Waals surface area contributed by atoms with E-state index in [1.807, 2.05) is 0 Å². The second-order valence-electron chi connectivity index (χ2n) is 19.1. The quantitative estimate of drug-likeness (QED) is 0.0570. The van der Waals surface area contributed by atoms with Crippen molar-refractivity contribution < 1.29 is 119 Å². The number of aliphatic hydroxyl groups excluding tert-OH is 13. The van der Waals surface area contributed by atoms with E-state index >= 15 is 0 Å². The summed E-state index contributed by atoms with van der Waals surface area (Å²) in [6, 6.07) is 0. The number of fused-ring (bicyclic) bond motifs is 1. The number of hydrogen-bond acceptors (Lipinski definition) is 24. The molecule has 7 aliphatic rings. The molecule has 0 bridgehead atoms. The topological polar surface area (TPSA) is 372 Å². The molecule has 386 valence electrons. The number of carbonyl (C=O) groups is 1. The van der Waals surface area contributed by atoms with E-state index in [0.29, 0.717) is 19.3 Å². The van der Waals surface area contributed by atoms with E-state index in [1.165, 1.54) is 14.2 Å². The summed E-state index contributed by atoms with van der Waals surface area (Å²) >= 11 is 0. The fourth-order valence-electron chi connectivity index (χ4n) is 10.6. The number of allylic oxidation sites excluding steroid dienone is 1. The monoisotopic (exact) mass is 970 g/mol. The van der Waals surface area contributed by atoms with Crippen LogP contribution in [0.5, 0.6) is 0 Å². The van der Waals surface area contributed by atoms with Crippen LogP contribution >= 0.6 is 0 Å². The zero-order valence-electron chi connectivity index (χ0n) is 37.3. The highest BCUT2D eigenvalue weighted by Crippen LogP contribution is 2.44. The van der Waals surface area contributed by atoms with Gasteiger partial charge in [0.15, 0.2) is 18.9 Å². The Hall–Kier alpha value is -1.67. The van der Waals surface area contributed by atoms with Gasteiger partial charge < -0.3 is 114 Å². The maximum absolute atomic E-state index is 12.8. The number of ether oxygens (including phenoxy) is 10. The number of hydrogen-bond donors (Lipinski definition) is 13. The molecule has 0 radical (unpaired) electrons. The Morgan fingerprint density at radius 1 is 0.567 bits per heavy atom. The molecule has 0 aromatic rings. The van der Waals surface area contributed by atoms with Gasteiger partial charge in [-0.2, -0.15) is 0 Å². The number of esters is 1. The molecule has 24 heteroatoms. The molecule has 11 unspecified atom stereocenters. The van der Waals surface area contributed by atoms with Crippen molar-refractivity contribution in [3.63, 3.8) is 0 Å². The lowest BCUT2D eigenvalue weighted by atomic mass is 9.72. The Balaban J connectivity index is 1.05. The van der Waals surface area contributed by atoms with Crippen molar-refractivity contribution in [2.24, 2.45) is 17.8 Å². The minimum atomic E-state index is -1.92. The lowest BCUT2D eigenvalue weighted by molar-refractivity contribution is -0.376. The zero-order chi connectivity index (χ0) is 48.4. The van der Waals surface area contributed by atoms with Gasteiger partial charge in [-0.1, -0.05) is 6.08 Å². The SMILES string of the molecule is COC1CC(C=CC(=O)OC[C@H]2O[C@@H](OC[C@H]3O[C@H](OC4CC5C(O)CC(O)CC5OC4C4CCC(O)C(O)C4)[C@H](O[C@@H]4OC[C@@H](O)[C@H](O)[C@H]4O)[C@@H](O)[C@H]3O)[C@H](O)[C@@H](O)[C@@H]2O)CC(OC)C1O. The van der Waals surface area contributed by atoms with Gasteiger partial charge in [0, 0.05) is 26.2 Å². The number of carbonyl (C=O) groups excluding carboxylic acids is 1. The molecule has 3 aliphatic carbocycles. The molecule has 4 heterocycles. The third kappa shape index (κ3) is 12.2. The third-order valence-corrected chi connectivity index (χ3v) is 14.6. The Kier molecular flexibility index (Phi) is 18.4. The van der Waals surface area contributed by atoms with E-state index in [-0.39, 0.29) is 38.0 Å². The van der Waals surface area contributed by atoms with Crippen LogP contribution < -0.4 is 0 Å². The summed E-state index contributed by atoms with van der Waals surface area (Å²) in [6.07, 6.45) is -27.6. The Labute approximate surface area is 386 Å². The zero-order valence-corrected chi connectivity index (χ0v) is 37.3. The predicted octanol–water partition coefficient (Wildman–Crippen LogP) is -5.82. The highest BCUT2D eigenvalue weighted by molar-refractivity contribution is 5.81. The molecule has 0 aromatic heterocycles. The molecule has 7 fully saturated rings. The van der Waals surface area contributed by atoms with E-state index in [0.717, 1.165) is 6.08 Å². The van der Waals surface area contributed by atoms with Crippen LogP contribution in [0.2, 0.25) is 0 Å². The largest absolute Gasteiger partial charge is 0.460 e. The highest BCUT2D eigenvalue weighted by Gasteiger charge is 2.55. The molecule has 4 saturated heterocycles. The van der Waals surface area contributed by atoms with Crippen LogP contribution in [0.4, 0.5) is 0 Å². The fourth-order valence-corrected chi connectivity index (χ4v) is 10.6. The summed E-state index contributed by atoms with van der Waals surface area (Å²) in [5.74, 6) is -1.99. The maximum Gasteiger partial charge on any atom is 0.330 e. The lowest BCUT2D eigenvalue weighted by Crippen LogP contribution is -2.65. The van der Waals surface area contributed by atoms with Gasteiger partial charge in [0.25, 0.3) is 0 Å². The molecule has 4 aliphatic heterocycles. The average molecular weight is 971 g/mol. The van der Waals surface area contributed by atoms with Gasteiger partial charge in [0.05, 0.1) is 68.1 Å². The first-order chi connectivity index (χ1) is 31.9. The molecule has 67 heavy (non-hydrogen) atoms. The molecular formula is C43H70O24. The van der Waals surface area contributed by atoms with Gasteiger partial charge in [0.2, 0.25) is 0 Å². The van der Waals surface area contributed by atoms with Crippen LogP contribution in [0.15, 0.2) is 12.2 Å². The van der Waals surface area contributed by atoms with Crippen LogP contribution in [-0.4, -0.2) is 253 Å². The van der Waals surface area contributed by atoms with E-state index in [2.05, 4.69) is 0 Å². The van der Waals surface area contributed by atoms with E-state index in [4.69, 9.17) is 47.4 Å². The molecule has 24 nitrogen and oxygen atoms in total. The Bertz CT molecular complexity index is 1580. The summed E-state index contributed by atoms with van der Waals surface area (Å²) < 4.78 is 58.2. The summed E-state index contributed by atoms with van der Waals surface area (Å²) in [6.45, 7) is -1.76. The van der Waals surface area contributed by atoms with Gasteiger partial charge in [-0.25, -0.2) is 4.79 Å². The van der Waals surface area contributed by atoms with Crippen molar-refractivity contribution >= 4 is 5.97 Å². The molecular weight excluding hydrogens is 900 g/mol. The first kappa shape index (κ1) is 53.1. The van der Waals surface area contributed by atoms with Crippen LogP contribution in [-0.2, 0) is 52.2 Å². The molecule has 0 aromatic carbocycles. The van der Waals surface area contributed by atoms with Crippen LogP contribution in [0.25, 0.3) is 0 Å². The predicted molar refractivity (Wildman–Crippen MR) is 219 cm³/mol. The number of aliphatic hydroxyl groups is 13. The van der Waals surface area contributed by atoms with Crippen molar-refractivity contribution in [2.75, 3.05) is 34.0 Å². The van der Waals surface area contributed by atoms with E-state index in [9.17, 15) is 71.2 Å². The minimum absolute atomic E-state index is 0.0661. The van der Waals surface area contributed by atoms with Crippen molar-refractivity contribution in [3.05, 3.63) is 12.2 Å². The van der Waals surface area contributed by atoms with Crippen molar-refractivity contribution in [1.29, 1.82) is 0 Å². The smallest absolute Gasteiger partial charge is 0.330 e. The molecule has 0 amide bonds. The standard InChI is InChI=1S/C43H70O24/c1-58-25-7-16(8-26(59-2)32(25)51)3-6-30(49)60-14-28-33(52)35(54)38(57)41(65-28)62-15-29-34(53)36(55)40(67-42-37(56)31(50)23(48)13-61-42)43(66-29)64-27-12-19-21(46)10-18(44)11-24(19)63-39(27)17-4-5-20(45)22(47)9-17/h3,6,16-29,31-48,50-57H,4-5,7-15H2,1-2H3/t16?,17?,18?,19?,20?,21?,22?,23-,24?,25?,26?,27?,28-,29-,31+,32?,33-,34+,35+,36+,37-,38-,39?,40-,41-,42+,43+/m1/s1.